The van der Waals surface area contributed by atoms with Crippen LogP contribution in [0.3, 0.4) is 0 Å². The Kier molecular flexibility index (Phi) is 3.90. The maximum Gasteiger partial charge on any atom is 0.227 e. The van der Waals surface area contributed by atoms with E-state index in [1.807, 2.05) is 24.1 Å². The molecule has 1 aromatic rings. The Labute approximate surface area is 109 Å². The van der Waals surface area contributed by atoms with Gasteiger partial charge in [0.05, 0.1) is 5.92 Å². The van der Waals surface area contributed by atoms with Gasteiger partial charge in [-0.05, 0) is 31.4 Å². The maximum atomic E-state index is 12.4. The largest absolute Gasteiger partial charge is 0.382 e. The summed E-state index contributed by atoms with van der Waals surface area (Å²) in [4.78, 5) is 14.3. The Morgan fingerprint density at radius 2 is 2.17 bits per heavy atom. The minimum absolute atomic E-state index is 0.0523. The number of fused-ring (bicyclic) bond motifs is 1. The fraction of sp³-hybridized carbons (Fsp3) is 0.533. The highest BCUT2D eigenvalue weighted by Gasteiger charge is 2.31. The molecule has 1 heterocycles. The van der Waals surface area contributed by atoms with Gasteiger partial charge in [0.25, 0.3) is 0 Å². The van der Waals surface area contributed by atoms with Crippen molar-refractivity contribution < 1.29 is 4.79 Å². The van der Waals surface area contributed by atoms with Crippen LogP contribution >= 0.6 is 0 Å². The van der Waals surface area contributed by atoms with Crippen molar-refractivity contribution in [1.29, 1.82) is 0 Å². The molecule has 3 nitrogen and oxygen atoms in total. The highest BCUT2D eigenvalue weighted by molar-refractivity contribution is 5.81. The minimum Gasteiger partial charge on any atom is -0.382 e. The number of carbonyl (C=O) groups excluding carboxylic acids is 1. The first-order valence-electron chi connectivity index (χ1n) is 6.73. The molecule has 2 unspecified atom stereocenters. The fourth-order valence-corrected chi connectivity index (χ4v) is 2.63. The summed E-state index contributed by atoms with van der Waals surface area (Å²) in [6, 6.07) is 8.46. The molecule has 18 heavy (non-hydrogen) atoms. The Bertz CT molecular complexity index is 430. The zero-order valence-corrected chi connectivity index (χ0v) is 11.4. The summed E-state index contributed by atoms with van der Waals surface area (Å²) in [6.45, 7) is 5.03. The van der Waals surface area contributed by atoms with E-state index in [9.17, 15) is 4.79 Å². The third kappa shape index (κ3) is 2.50. The van der Waals surface area contributed by atoms with Gasteiger partial charge in [-0.3, -0.25) is 4.79 Å². The standard InChI is InChI=1S/C15H22N2O/c1-4-9-17(3)15(18)13-10-12-7-5-6-8-14(12)16-11(13)2/h5-8,11,13,16H,4,9-10H2,1-3H3. The second-order valence-corrected chi connectivity index (χ2v) is 5.16. The average molecular weight is 246 g/mol. The van der Waals surface area contributed by atoms with Gasteiger partial charge in [0.2, 0.25) is 5.91 Å². The lowest BCUT2D eigenvalue weighted by Gasteiger charge is -2.34. The second-order valence-electron chi connectivity index (χ2n) is 5.16. The SMILES string of the molecule is CCCN(C)C(=O)C1Cc2ccccc2NC1C. The zero-order valence-electron chi connectivity index (χ0n) is 11.4. The van der Waals surface area contributed by atoms with E-state index in [2.05, 4.69) is 31.3 Å². The van der Waals surface area contributed by atoms with Gasteiger partial charge < -0.3 is 10.2 Å². The molecule has 0 aliphatic carbocycles. The summed E-state index contributed by atoms with van der Waals surface area (Å²) in [6.07, 6.45) is 1.85. The van der Waals surface area contributed by atoms with Crippen LogP contribution in [0.4, 0.5) is 5.69 Å². The summed E-state index contributed by atoms with van der Waals surface area (Å²) < 4.78 is 0. The van der Waals surface area contributed by atoms with Crippen molar-refractivity contribution in [3.8, 4) is 0 Å². The number of hydrogen-bond acceptors (Lipinski definition) is 2. The number of carbonyl (C=O) groups is 1. The van der Waals surface area contributed by atoms with E-state index in [4.69, 9.17) is 0 Å². The lowest BCUT2D eigenvalue weighted by Crippen LogP contribution is -2.44. The van der Waals surface area contributed by atoms with Gasteiger partial charge in [-0.1, -0.05) is 25.1 Å². The molecule has 3 heteroatoms. The quantitative estimate of drug-likeness (QED) is 0.889. The number of benzene rings is 1. The van der Waals surface area contributed by atoms with Gasteiger partial charge in [-0.25, -0.2) is 0 Å². The molecule has 1 aliphatic rings. The third-order valence-electron chi connectivity index (χ3n) is 3.70. The molecular weight excluding hydrogens is 224 g/mol. The van der Waals surface area contributed by atoms with Gasteiger partial charge >= 0.3 is 0 Å². The van der Waals surface area contributed by atoms with E-state index in [1.54, 1.807) is 0 Å². The summed E-state index contributed by atoms with van der Waals surface area (Å²) in [5.41, 5.74) is 2.42. The Hall–Kier alpha value is -1.51. The van der Waals surface area contributed by atoms with Crippen molar-refractivity contribution in [1.82, 2.24) is 4.90 Å². The Morgan fingerprint density at radius 3 is 2.89 bits per heavy atom. The van der Waals surface area contributed by atoms with Crippen LogP contribution in [0.2, 0.25) is 0 Å². The number of rotatable bonds is 3. The van der Waals surface area contributed by atoms with E-state index in [-0.39, 0.29) is 17.9 Å². The van der Waals surface area contributed by atoms with Gasteiger partial charge in [0.15, 0.2) is 0 Å². The predicted octanol–water partition coefficient (Wildman–Crippen LogP) is 2.53. The lowest BCUT2D eigenvalue weighted by molar-refractivity contribution is -0.134. The lowest BCUT2D eigenvalue weighted by atomic mass is 9.87. The molecule has 2 rings (SSSR count). The van der Waals surface area contributed by atoms with E-state index in [0.717, 1.165) is 19.4 Å². The van der Waals surface area contributed by atoms with Crippen molar-refractivity contribution in [3.63, 3.8) is 0 Å². The molecule has 1 aliphatic heterocycles. The third-order valence-corrected chi connectivity index (χ3v) is 3.70. The van der Waals surface area contributed by atoms with Crippen LogP contribution in [0.5, 0.6) is 0 Å². The number of nitrogens with zero attached hydrogens (tertiary/aromatic N) is 1. The number of para-hydroxylation sites is 1. The van der Waals surface area contributed by atoms with Gasteiger partial charge in [-0.2, -0.15) is 0 Å². The van der Waals surface area contributed by atoms with Crippen LogP contribution in [0, 0.1) is 5.92 Å². The molecule has 98 valence electrons. The molecule has 1 N–H and O–H groups in total. The number of nitrogens with one attached hydrogen (secondary N) is 1. The molecule has 0 spiro atoms. The highest BCUT2D eigenvalue weighted by atomic mass is 16.2. The Balaban J connectivity index is 2.14. The first-order valence-corrected chi connectivity index (χ1v) is 6.73. The molecule has 1 amide bonds. The topological polar surface area (TPSA) is 32.3 Å². The number of hydrogen-bond donors (Lipinski definition) is 1. The van der Waals surface area contributed by atoms with Crippen LogP contribution < -0.4 is 5.32 Å². The van der Waals surface area contributed by atoms with Crippen LogP contribution in [-0.4, -0.2) is 30.4 Å². The number of amides is 1. The van der Waals surface area contributed by atoms with Crippen molar-refractivity contribution in [2.75, 3.05) is 18.9 Å². The molecule has 1 aromatic carbocycles. The summed E-state index contributed by atoms with van der Waals surface area (Å²) in [7, 11) is 1.90. The van der Waals surface area contributed by atoms with Gasteiger partial charge in [0, 0.05) is 25.3 Å². The van der Waals surface area contributed by atoms with E-state index < -0.39 is 0 Å². The smallest absolute Gasteiger partial charge is 0.227 e. The van der Waals surface area contributed by atoms with Gasteiger partial charge in [0.1, 0.15) is 0 Å². The molecule has 0 radical (unpaired) electrons. The summed E-state index contributed by atoms with van der Waals surface area (Å²) >= 11 is 0. The fourth-order valence-electron chi connectivity index (χ4n) is 2.63. The summed E-state index contributed by atoms with van der Waals surface area (Å²) in [5.74, 6) is 0.308. The summed E-state index contributed by atoms with van der Waals surface area (Å²) in [5, 5.41) is 3.44. The van der Waals surface area contributed by atoms with Crippen LogP contribution in [0.25, 0.3) is 0 Å². The Morgan fingerprint density at radius 1 is 1.44 bits per heavy atom. The second kappa shape index (κ2) is 5.42. The van der Waals surface area contributed by atoms with Crippen LogP contribution in [-0.2, 0) is 11.2 Å². The molecule has 0 fully saturated rings. The number of anilines is 1. The van der Waals surface area contributed by atoms with Crippen molar-refractivity contribution in [2.45, 2.75) is 32.7 Å². The zero-order chi connectivity index (χ0) is 13.1. The average Bonchev–Trinajstić information content (AvgIpc) is 2.37. The molecule has 2 atom stereocenters. The molecule has 0 aromatic heterocycles. The first-order chi connectivity index (χ1) is 8.63. The van der Waals surface area contributed by atoms with Gasteiger partial charge in [-0.15, -0.1) is 0 Å². The molecule has 0 saturated heterocycles. The van der Waals surface area contributed by atoms with E-state index in [0.29, 0.717) is 0 Å². The maximum absolute atomic E-state index is 12.4. The molecule has 0 bridgehead atoms. The van der Waals surface area contributed by atoms with Crippen molar-refractivity contribution in [2.24, 2.45) is 5.92 Å². The first kappa shape index (κ1) is 12.9. The molecule has 0 saturated carbocycles. The van der Waals surface area contributed by atoms with E-state index in [1.165, 1.54) is 11.3 Å². The van der Waals surface area contributed by atoms with Crippen LogP contribution in [0.15, 0.2) is 24.3 Å². The normalized spacial score (nSPS) is 21.9. The van der Waals surface area contributed by atoms with Crippen molar-refractivity contribution >= 4 is 11.6 Å². The highest BCUT2D eigenvalue weighted by Crippen LogP contribution is 2.29. The predicted molar refractivity (Wildman–Crippen MR) is 74.6 cm³/mol. The van der Waals surface area contributed by atoms with E-state index >= 15 is 0 Å². The molecular formula is C15H22N2O. The monoisotopic (exact) mass is 246 g/mol. The minimum atomic E-state index is 0.0523. The van der Waals surface area contributed by atoms with Crippen LogP contribution in [0.1, 0.15) is 25.8 Å². The van der Waals surface area contributed by atoms with Crippen molar-refractivity contribution in [3.05, 3.63) is 29.8 Å².